The molecular weight excluding hydrogens is 360 g/mol. The summed E-state index contributed by atoms with van der Waals surface area (Å²) in [6, 6.07) is 21.6. The third kappa shape index (κ3) is 4.39. The zero-order valence-electron chi connectivity index (χ0n) is 14.7. The Labute approximate surface area is 160 Å². The predicted molar refractivity (Wildman–Crippen MR) is 104 cm³/mol. The Balaban J connectivity index is 1.72. The molecule has 0 saturated heterocycles. The van der Waals surface area contributed by atoms with Crippen molar-refractivity contribution in [2.75, 3.05) is 11.9 Å². The van der Waals surface area contributed by atoms with Crippen LogP contribution < -0.4 is 5.32 Å². The molecule has 140 valence electrons. The third-order valence-electron chi connectivity index (χ3n) is 3.94. The first kappa shape index (κ1) is 18.8. The quantitative estimate of drug-likeness (QED) is 0.284. The van der Waals surface area contributed by atoms with Crippen LogP contribution >= 0.6 is 0 Å². The van der Waals surface area contributed by atoms with E-state index >= 15 is 0 Å². The number of nitrogens with one attached hydrogen (secondary N) is 1. The fourth-order valence-electron chi connectivity index (χ4n) is 2.60. The molecule has 3 rings (SSSR count). The van der Waals surface area contributed by atoms with Gasteiger partial charge in [0.15, 0.2) is 6.61 Å². The summed E-state index contributed by atoms with van der Waals surface area (Å²) in [5.74, 6) is -1.35. The fraction of sp³-hybridized carbons (Fsp3) is 0.0476. The van der Waals surface area contributed by atoms with Gasteiger partial charge >= 0.3 is 5.97 Å². The second kappa shape index (κ2) is 8.59. The van der Waals surface area contributed by atoms with E-state index in [-0.39, 0.29) is 16.8 Å². The van der Waals surface area contributed by atoms with E-state index in [9.17, 15) is 19.7 Å². The third-order valence-corrected chi connectivity index (χ3v) is 3.94. The summed E-state index contributed by atoms with van der Waals surface area (Å²) >= 11 is 0. The van der Waals surface area contributed by atoms with Crippen LogP contribution in [-0.2, 0) is 4.74 Å². The number of nitro benzene ring substituents is 1. The summed E-state index contributed by atoms with van der Waals surface area (Å²) in [4.78, 5) is 35.1. The maximum absolute atomic E-state index is 12.5. The Morgan fingerprint density at radius 2 is 1.46 bits per heavy atom. The van der Waals surface area contributed by atoms with Crippen molar-refractivity contribution >= 4 is 28.8 Å². The maximum atomic E-state index is 12.5. The number of esters is 1. The Kier molecular flexibility index (Phi) is 5.76. The van der Waals surface area contributed by atoms with Crippen molar-refractivity contribution < 1.29 is 19.2 Å². The van der Waals surface area contributed by atoms with Crippen LogP contribution in [0.25, 0.3) is 0 Å². The molecule has 0 amide bonds. The van der Waals surface area contributed by atoms with E-state index in [0.29, 0.717) is 5.69 Å². The number of carbonyl (C=O) groups excluding carboxylic acids is 2. The number of hydrogen-bond donors (Lipinski definition) is 1. The van der Waals surface area contributed by atoms with Crippen LogP contribution in [0.15, 0.2) is 78.9 Å². The highest BCUT2D eigenvalue weighted by molar-refractivity contribution is 6.03. The Morgan fingerprint density at radius 3 is 2.18 bits per heavy atom. The number of Topliss-reactive ketones (excluding diaryl/α,β-unsaturated/α-hetero) is 1. The molecule has 0 aliphatic heterocycles. The van der Waals surface area contributed by atoms with Crippen molar-refractivity contribution in [1.29, 1.82) is 0 Å². The van der Waals surface area contributed by atoms with E-state index in [1.807, 2.05) is 30.3 Å². The summed E-state index contributed by atoms with van der Waals surface area (Å²) in [5.41, 5.74) is 1.14. The van der Waals surface area contributed by atoms with E-state index in [1.165, 1.54) is 24.3 Å². The second-order valence-electron chi connectivity index (χ2n) is 5.81. The first-order valence-electron chi connectivity index (χ1n) is 8.41. The van der Waals surface area contributed by atoms with Crippen molar-refractivity contribution in [2.45, 2.75) is 0 Å². The molecule has 1 N–H and O–H groups in total. The zero-order chi connectivity index (χ0) is 19.9. The SMILES string of the molecule is O=C(OCC(=O)c1ccccc1[N+](=O)[O-])c1ccccc1Nc1ccccc1. The van der Waals surface area contributed by atoms with Gasteiger partial charge in [-0.15, -0.1) is 0 Å². The molecule has 0 unspecified atom stereocenters. The van der Waals surface area contributed by atoms with Gasteiger partial charge in [-0.25, -0.2) is 4.79 Å². The molecular formula is C21H16N2O5. The molecule has 0 spiro atoms. The molecule has 0 bridgehead atoms. The minimum absolute atomic E-state index is 0.101. The van der Waals surface area contributed by atoms with E-state index in [0.717, 1.165) is 5.69 Å². The van der Waals surface area contributed by atoms with Gasteiger partial charge < -0.3 is 10.1 Å². The molecule has 0 saturated carbocycles. The highest BCUT2D eigenvalue weighted by Crippen LogP contribution is 2.22. The molecule has 7 heteroatoms. The number of ether oxygens (including phenoxy) is 1. The summed E-state index contributed by atoms with van der Waals surface area (Å²) in [6.45, 7) is -0.594. The van der Waals surface area contributed by atoms with Gasteiger partial charge in [0.05, 0.1) is 21.7 Å². The average molecular weight is 376 g/mol. The minimum Gasteiger partial charge on any atom is -0.454 e. The van der Waals surface area contributed by atoms with Gasteiger partial charge in [0.25, 0.3) is 5.69 Å². The lowest BCUT2D eigenvalue weighted by atomic mass is 10.1. The summed E-state index contributed by atoms with van der Waals surface area (Å²) in [5, 5.41) is 14.2. The lowest BCUT2D eigenvalue weighted by molar-refractivity contribution is -0.385. The van der Waals surface area contributed by atoms with Gasteiger partial charge in [-0.1, -0.05) is 42.5 Å². The number of anilines is 2. The van der Waals surface area contributed by atoms with Crippen LogP contribution in [0.4, 0.5) is 17.1 Å². The van der Waals surface area contributed by atoms with E-state index in [4.69, 9.17) is 4.74 Å². The highest BCUT2D eigenvalue weighted by Gasteiger charge is 2.21. The predicted octanol–water partition coefficient (Wildman–Crippen LogP) is 4.38. The van der Waals surface area contributed by atoms with Crippen molar-refractivity contribution in [3.63, 3.8) is 0 Å². The molecule has 0 aromatic heterocycles. The fourth-order valence-corrected chi connectivity index (χ4v) is 2.60. The number of ketones is 1. The molecule has 0 aliphatic carbocycles. The largest absolute Gasteiger partial charge is 0.454 e. The van der Waals surface area contributed by atoms with Crippen LogP contribution in [0.3, 0.4) is 0 Å². The number of benzene rings is 3. The van der Waals surface area contributed by atoms with Crippen LogP contribution in [0.5, 0.6) is 0 Å². The van der Waals surface area contributed by atoms with Gasteiger partial charge in [-0.05, 0) is 30.3 Å². The van der Waals surface area contributed by atoms with Gasteiger partial charge in [0.1, 0.15) is 0 Å². The maximum Gasteiger partial charge on any atom is 0.340 e. The Hall–Kier alpha value is -4.00. The smallest absolute Gasteiger partial charge is 0.340 e. The normalized spacial score (nSPS) is 10.1. The Bertz CT molecular complexity index is 1020. The number of para-hydroxylation sites is 3. The molecule has 0 aliphatic rings. The van der Waals surface area contributed by atoms with Gasteiger partial charge in [-0.2, -0.15) is 0 Å². The van der Waals surface area contributed by atoms with Gasteiger partial charge in [0, 0.05) is 11.8 Å². The van der Waals surface area contributed by atoms with Crippen LogP contribution in [0, 0.1) is 10.1 Å². The average Bonchev–Trinajstić information content (AvgIpc) is 2.73. The van der Waals surface area contributed by atoms with Crippen molar-refractivity contribution in [3.05, 3.63) is 100 Å². The number of hydrogen-bond acceptors (Lipinski definition) is 6. The first-order valence-corrected chi connectivity index (χ1v) is 8.41. The van der Waals surface area contributed by atoms with Crippen LogP contribution in [0.2, 0.25) is 0 Å². The summed E-state index contributed by atoms with van der Waals surface area (Å²) < 4.78 is 5.11. The number of nitro groups is 1. The highest BCUT2D eigenvalue weighted by atomic mass is 16.6. The molecule has 7 nitrogen and oxygen atoms in total. The topological polar surface area (TPSA) is 98.5 Å². The van der Waals surface area contributed by atoms with E-state index < -0.39 is 23.3 Å². The molecule has 0 fully saturated rings. The van der Waals surface area contributed by atoms with Crippen LogP contribution in [0.1, 0.15) is 20.7 Å². The second-order valence-corrected chi connectivity index (χ2v) is 5.81. The van der Waals surface area contributed by atoms with Crippen LogP contribution in [-0.4, -0.2) is 23.3 Å². The lowest BCUT2D eigenvalue weighted by Gasteiger charge is -2.11. The lowest BCUT2D eigenvalue weighted by Crippen LogP contribution is -2.16. The Morgan fingerprint density at radius 1 is 0.857 bits per heavy atom. The standard InChI is InChI=1S/C21H16N2O5/c24-20(17-11-5-7-13-19(17)23(26)27)14-28-21(25)16-10-4-6-12-18(16)22-15-8-2-1-3-9-15/h1-13,22H,14H2. The molecule has 3 aromatic carbocycles. The van der Waals surface area contributed by atoms with Gasteiger partial charge in [0.2, 0.25) is 5.78 Å². The van der Waals surface area contributed by atoms with Crippen molar-refractivity contribution in [1.82, 2.24) is 0 Å². The minimum atomic E-state index is -0.703. The first-order chi connectivity index (χ1) is 13.6. The molecule has 0 radical (unpaired) electrons. The van der Waals surface area contributed by atoms with E-state index in [2.05, 4.69) is 5.32 Å². The zero-order valence-corrected chi connectivity index (χ0v) is 14.7. The van der Waals surface area contributed by atoms with E-state index in [1.54, 1.807) is 24.3 Å². The number of rotatable bonds is 7. The molecule has 0 heterocycles. The molecule has 28 heavy (non-hydrogen) atoms. The monoisotopic (exact) mass is 376 g/mol. The summed E-state index contributed by atoms with van der Waals surface area (Å²) in [7, 11) is 0. The van der Waals surface area contributed by atoms with Crippen molar-refractivity contribution in [3.8, 4) is 0 Å². The molecule has 0 atom stereocenters. The number of nitrogens with zero attached hydrogens (tertiary/aromatic N) is 1. The molecule has 3 aromatic rings. The van der Waals surface area contributed by atoms with Gasteiger partial charge in [-0.3, -0.25) is 14.9 Å². The summed E-state index contributed by atoms with van der Waals surface area (Å²) in [6.07, 6.45) is 0. The number of carbonyl (C=O) groups is 2. The van der Waals surface area contributed by atoms with Crippen molar-refractivity contribution in [2.24, 2.45) is 0 Å².